The molecule has 1 aliphatic carbocycles. The van der Waals surface area contributed by atoms with Gasteiger partial charge in [0.1, 0.15) is 6.33 Å². The zero-order valence-electron chi connectivity index (χ0n) is 12.2. The zero-order valence-corrected chi connectivity index (χ0v) is 12.2. The molecule has 1 heterocycles. The minimum absolute atomic E-state index is 0.0630. The molecule has 1 aromatic rings. The highest BCUT2D eigenvalue weighted by molar-refractivity contribution is 5.70. The molecule has 116 valence electrons. The van der Waals surface area contributed by atoms with Crippen molar-refractivity contribution in [2.45, 2.75) is 38.1 Å². The van der Waals surface area contributed by atoms with Gasteiger partial charge in [-0.15, -0.1) is 0 Å². The Morgan fingerprint density at radius 3 is 2.71 bits per heavy atom. The molecule has 2 rings (SSSR count). The van der Waals surface area contributed by atoms with Crippen LogP contribution < -0.4 is 10.2 Å². The summed E-state index contributed by atoms with van der Waals surface area (Å²) in [6.07, 6.45) is 6.65. The predicted octanol–water partition coefficient (Wildman–Crippen LogP) is 1.56. The van der Waals surface area contributed by atoms with Gasteiger partial charge in [0, 0.05) is 19.6 Å². The van der Waals surface area contributed by atoms with Gasteiger partial charge < -0.3 is 15.3 Å². The number of hydrogen-bond donors (Lipinski definition) is 2. The number of anilines is 2. The largest absolute Gasteiger partial charge is 0.395 e. The highest BCUT2D eigenvalue weighted by atomic mass is 16.6. The number of aliphatic hydroxyl groups excluding tert-OH is 1. The number of aromatic nitrogens is 2. The summed E-state index contributed by atoms with van der Waals surface area (Å²) in [6.45, 7) is 0.276. The molecule has 1 aliphatic rings. The van der Waals surface area contributed by atoms with Gasteiger partial charge in [-0.3, -0.25) is 10.1 Å². The second kappa shape index (κ2) is 7.16. The second-order valence-electron chi connectivity index (χ2n) is 5.11. The normalized spacial score (nSPS) is 15.7. The van der Waals surface area contributed by atoms with Crippen LogP contribution in [-0.2, 0) is 0 Å². The summed E-state index contributed by atoms with van der Waals surface area (Å²) in [7, 11) is 1.59. The van der Waals surface area contributed by atoms with Crippen molar-refractivity contribution in [1.29, 1.82) is 0 Å². The highest BCUT2D eigenvalue weighted by Gasteiger charge is 2.30. The van der Waals surface area contributed by atoms with Crippen LogP contribution in [-0.4, -0.2) is 46.2 Å². The summed E-state index contributed by atoms with van der Waals surface area (Å²) in [5.74, 6) is 0.490. The standard InChI is InChI=1S/C13H21N5O3/c1-14-12-11(18(20)21)13(16-9-15-12)17(7-8-19)10-5-3-2-4-6-10/h9-10,19H,2-8H2,1H3,(H,14,15,16). The van der Waals surface area contributed by atoms with E-state index < -0.39 is 4.92 Å². The van der Waals surface area contributed by atoms with Gasteiger partial charge in [0.15, 0.2) is 0 Å². The highest BCUT2D eigenvalue weighted by Crippen LogP contribution is 2.35. The number of nitrogens with zero attached hydrogens (tertiary/aromatic N) is 4. The van der Waals surface area contributed by atoms with Crippen molar-refractivity contribution in [2.24, 2.45) is 0 Å². The molecule has 8 nitrogen and oxygen atoms in total. The average Bonchev–Trinajstić information content (AvgIpc) is 2.52. The van der Waals surface area contributed by atoms with Crippen LogP contribution in [0.2, 0.25) is 0 Å². The minimum Gasteiger partial charge on any atom is -0.395 e. The summed E-state index contributed by atoms with van der Waals surface area (Å²) >= 11 is 0. The minimum atomic E-state index is -0.464. The number of rotatable bonds is 6. The van der Waals surface area contributed by atoms with Crippen LogP contribution in [0.15, 0.2) is 6.33 Å². The van der Waals surface area contributed by atoms with Crippen molar-refractivity contribution >= 4 is 17.3 Å². The Bertz CT molecular complexity index is 491. The maximum atomic E-state index is 11.4. The molecule has 0 aliphatic heterocycles. The van der Waals surface area contributed by atoms with Gasteiger partial charge in [0.2, 0.25) is 11.6 Å². The number of hydrogen-bond acceptors (Lipinski definition) is 7. The Kier molecular flexibility index (Phi) is 5.26. The van der Waals surface area contributed by atoms with Crippen LogP contribution in [0.1, 0.15) is 32.1 Å². The van der Waals surface area contributed by atoms with Crippen LogP contribution >= 0.6 is 0 Å². The molecule has 0 unspecified atom stereocenters. The predicted molar refractivity (Wildman–Crippen MR) is 79.5 cm³/mol. The molecule has 0 saturated heterocycles. The summed E-state index contributed by atoms with van der Waals surface area (Å²) < 4.78 is 0. The molecule has 2 N–H and O–H groups in total. The van der Waals surface area contributed by atoms with Crippen molar-refractivity contribution in [3.8, 4) is 0 Å². The van der Waals surface area contributed by atoms with Crippen LogP contribution in [0.4, 0.5) is 17.3 Å². The first-order valence-electron chi connectivity index (χ1n) is 7.23. The Morgan fingerprint density at radius 1 is 1.43 bits per heavy atom. The lowest BCUT2D eigenvalue weighted by Gasteiger charge is -2.34. The fourth-order valence-electron chi connectivity index (χ4n) is 2.89. The van der Waals surface area contributed by atoms with Gasteiger partial charge in [-0.1, -0.05) is 19.3 Å². The van der Waals surface area contributed by atoms with E-state index in [2.05, 4.69) is 15.3 Å². The molecule has 0 spiro atoms. The lowest BCUT2D eigenvalue weighted by molar-refractivity contribution is -0.383. The topological polar surface area (TPSA) is 104 Å². The molecule has 0 aromatic carbocycles. The molecule has 1 aromatic heterocycles. The molecule has 0 amide bonds. The van der Waals surface area contributed by atoms with E-state index in [1.165, 1.54) is 12.7 Å². The summed E-state index contributed by atoms with van der Waals surface area (Å²) in [6, 6.07) is 0.184. The second-order valence-corrected chi connectivity index (χ2v) is 5.11. The molecule has 8 heteroatoms. The van der Waals surface area contributed by atoms with Crippen LogP contribution in [0, 0.1) is 10.1 Å². The first kappa shape index (κ1) is 15.4. The Hall–Kier alpha value is -1.96. The van der Waals surface area contributed by atoms with E-state index in [4.69, 9.17) is 0 Å². The molecule has 0 radical (unpaired) electrons. The van der Waals surface area contributed by atoms with Crippen molar-refractivity contribution in [2.75, 3.05) is 30.4 Å². The lowest BCUT2D eigenvalue weighted by atomic mass is 9.94. The third-order valence-corrected chi connectivity index (χ3v) is 3.85. The number of nitro groups is 1. The van der Waals surface area contributed by atoms with Crippen molar-refractivity contribution < 1.29 is 10.0 Å². The Morgan fingerprint density at radius 2 is 2.14 bits per heavy atom. The smallest absolute Gasteiger partial charge is 0.353 e. The van der Waals surface area contributed by atoms with Gasteiger partial charge in [0.05, 0.1) is 11.5 Å². The van der Waals surface area contributed by atoms with E-state index >= 15 is 0 Å². The SMILES string of the molecule is CNc1ncnc(N(CCO)C2CCCCC2)c1[N+](=O)[O-]. The van der Waals surface area contributed by atoms with Gasteiger partial charge in [-0.2, -0.15) is 0 Å². The third kappa shape index (κ3) is 3.38. The summed E-state index contributed by atoms with van der Waals surface area (Å²) in [5, 5.41) is 23.4. The van der Waals surface area contributed by atoms with E-state index in [0.717, 1.165) is 25.7 Å². The number of nitrogens with one attached hydrogen (secondary N) is 1. The molecule has 0 bridgehead atoms. The van der Waals surface area contributed by atoms with Gasteiger partial charge in [0.25, 0.3) is 0 Å². The zero-order chi connectivity index (χ0) is 15.2. The third-order valence-electron chi connectivity index (χ3n) is 3.85. The average molecular weight is 295 g/mol. The monoisotopic (exact) mass is 295 g/mol. The maximum absolute atomic E-state index is 11.4. The van der Waals surface area contributed by atoms with Crippen molar-refractivity contribution in [3.63, 3.8) is 0 Å². The van der Waals surface area contributed by atoms with Crippen molar-refractivity contribution in [3.05, 3.63) is 16.4 Å². The maximum Gasteiger partial charge on any atom is 0.353 e. The van der Waals surface area contributed by atoms with Crippen LogP contribution in [0.25, 0.3) is 0 Å². The van der Waals surface area contributed by atoms with Crippen molar-refractivity contribution in [1.82, 2.24) is 9.97 Å². The van der Waals surface area contributed by atoms with Gasteiger partial charge in [-0.05, 0) is 12.8 Å². The molecular weight excluding hydrogens is 274 g/mol. The van der Waals surface area contributed by atoms with E-state index in [-0.39, 0.29) is 24.2 Å². The summed E-state index contributed by atoms with van der Waals surface area (Å²) in [5.41, 5.74) is -0.126. The van der Waals surface area contributed by atoms with Crippen LogP contribution in [0.3, 0.4) is 0 Å². The van der Waals surface area contributed by atoms with Crippen LogP contribution in [0.5, 0.6) is 0 Å². The van der Waals surface area contributed by atoms with Gasteiger partial charge >= 0.3 is 5.69 Å². The van der Waals surface area contributed by atoms with Gasteiger partial charge in [-0.25, -0.2) is 9.97 Å². The Balaban J connectivity index is 2.41. The number of aliphatic hydroxyl groups is 1. The van der Waals surface area contributed by atoms with E-state index in [1.807, 2.05) is 4.90 Å². The first-order chi connectivity index (χ1) is 10.2. The molecular formula is C13H21N5O3. The first-order valence-corrected chi connectivity index (χ1v) is 7.23. The molecule has 1 fully saturated rings. The fraction of sp³-hybridized carbons (Fsp3) is 0.692. The van der Waals surface area contributed by atoms with E-state index in [9.17, 15) is 15.2 Å². The van der Waals surface area contributed by atoms with E-state index in [1.54, 1.807) is 7.05 Å². The summed E-state index contributed by atoms with van der Waals surface area (Å²) in [4.78, 5) is 20.8. The quantitative estimate of drug-likeness (QED) is 0.606. The van der Waals surface area contributed by atoms with E-state index in [0.29, 0.717) is 12.4 Å². The lowest BCUT2D eigenvalue weighted by Crippen LogP contribution is -2.40. The fourth-order valence-corrected chi connectivity index (χ4v) is 2.89. The molecule has 0 atom stereocenters. The molecule has 1 saturated carbocycles. The Labute approximate surface area is 123 Å². The molecule has 21 heavy (non-hydrogen) atoms.